The van der Waals surface area contributed by atoms with Crippen molar-refractivity contribution in [2.24, 2.45) is 11.1 Å². The van der Waals surface area contributed by atoms with E-state index in [1.54, 1.807) is 0 Å². The third-order valence-electron chi connectivity index (χ3n) is 4.74. The maximum absolute atomic E-state index is 6.72. The maximum atomic E-state index is 6.72. The molecule has 0 radical (unpaired) electrons. The van der Waals surface area contributed by atoms with Crippen molar-refractivity contribution in [3.05, 3.63) is 0 Å². The summed E-state index contributed by atoms with van der Waals surface area (Å²) in [6.45, 7) is 6.95. The molecule has 1 aliphatic carbocycles. The van der Waals surface area contributed by atoms with E-state index >= 15 is 0 Å². The Morgan fingerprint density at radius 1 is 0.647 bits per heavy atom. The van der Waals surface area contributed by atoms with Crippen LogP contribution in [0.4, 0.5) is 0 Å². The minimum Gasteiger partial charge on any atom is -0.325 e. The molecule has 0 aliphatic heterocycles. The quantitative estimate of drug-likeness (QED) is 0.630. The molecule has 1 aliphatic rings. The second-order valence-electron chi connectivity index (χ2n) is 7.09. The van der Waals surface area contributed by atoms with E-state index in [-0.39, 0.29) is 11.0 Å². The average molecular weight is 239 g/mol. The first kappa shape index (κ1) is 15.0. The summed E-state index contributed by atoms with van der Waals surface area (Å²) in [6, 6.07) is 0. The van der Waals surface area contributed by atoms with Crippen molar-refractivity contribution >= 4 is 0 Å². The SMILES string of the molecule is CC(C)(C)C1(N)CCCCCCCCCCC1. The van der Waals surface area contributed by atoms with Crippen LogP contribution in [-0.4, -0.2) is 5.54 Å². The van der Waals surface area contributed by atoms with E-state index in [0.717, 1.165) is 0 Å². The summed E-state index contributed by atoms with van der Waals surface area (Å²) in [4.78, 5) is 0. The van der Waals surface area contributed by atoms with Crippen LogP contribution in [-0.2, 0) is 0 Å². The number of hydrogen-bond acceptors (Lipinski definition) is 1. The number of nitrogens with two attached hydrogens (primary N) is 1. The Bertz CT molecular complexity index is 190. The zero-order valence-electron chi connectivity index (χ0n) is 12.4. The smallest absolute Gasteiger partial charge is 0.0203 e. The first-order valence-corrected chi connectivity index (χ1v) is 7.75. The van der Waals surface area contributed by atoms with Gasteiger partial charge >= 0.3 is 0 Å². The monoisotopic (exact) mass is 239 g/mol. The van der Waals surface area contributed by atoms with Gasteiger partial charge in [-0.15, -0.1) is 0 Å². The maximum Gasteiger partial charge on any atom is 0.0203 e. The zero-order valence-corrected chi connectivity index (χ0v) is 12.4. The van der Waals surface area contributed by atoms with Gasteiger partial charge in [0, 0.05) is 5.54 Å². The molecule has 0 aromatic heterocycles. The summed E-state index contributed by atoms with van der Waals surface area (Å²) >= 11 is 0. The molecule has 0 saturated heterocycles. The molecule has 0 unspecified atom stereocenters. The summed E-state index contributed by atoms with van der Waals surface area (Å²) in [5.41, 5.74) is 7.02. The lowest BCUT2D eigenvalue weighted by atomic mass is 9.68. The summed E-state index contributed by atoms with van der Waals surface area (Å²) in [5, 5.41) is 0. The van der Waals surface area contributed by atoms with Gasteiger partial charge in [-0.1, -0.05) is 78.6 Å². The van der Waals surface area contributed by atoms with E-state index in [1.807, 2.05) is 0 Å². The van der Waals surface area contributed by atoms with Gasteiger partial charge < -0.3 is 5.73 Å². The first-order valence-electron chi connectivity index (χ1n) is 7.75. The molecule has 0 spiro atoms. The molecule has 0 amide bonds. The Hall–Kier alpha value is -0.0400. The number of hydrogen-bond donors (Lipinski definition) is 1. The third kappa shape index (κ3) is 4.99. The average Bonchev–Trinajstić information content (AvgIpc) is 2.21. The molecule has 0 bridgehead atoms. The van der Waals surface area contributed by atoms with Crippen LogP contribution in [0.3, 0.4) is 0 Å². The Balaban J connectivity index is 2.54. The molecule has 0 heterocycles. The van der Waals surface area contributed by atoms with Gasteiger partial charge in [0.25, 0.3) is 0 Å². The fraction of sp³-hybridized carbons (Fsp3) is 1.00. The summed E-state index contributed by atoms with van der Waals surface area (Å²) in [5.74, 6) is 0. The predicted octanol–water partition coefficient (Wildman–Crippen LogP) is 5.03. The zero-order chi connectivity index (χ0) is 12.8. The fourth-order valence-electron chi connectivity index (χ4n) is 2.99. The minimum atomic E-state index is 0.0617. The molecule has 1 fully saturated rings. The van der Waals surface area contributed by atoms with Gasteiger partial charge in [-0.3, -0.25) is 0 Å². The lowest BCUT2D eigenvalue weighted by molar-refractivity contribution is 0.151. The molecule has 17 heavy (non-hydrogen) atoms. The van der Waals surface area contributed by atoms with Crippen molar-refractivity contribution in [2.45, 2.75) is 96.9 Å². The first-order chi connectivity index (χ1) is 7.96. The summed E-state index contributed by atoms with van der Waals surface area (Å²) in [6.07, 6.45) is 15.0. The lowest BCUT2D eigenvalue weighted by Gasteiger charge is -2.42. The third-order valence-corrected chi connectivity index (χ3v) is 4.74. The van der Waals surface area contributed by atoms with Crippen LogP contribution in [0, 0.1) is 5.41 Å². The van der Waals surface area contributed by atoms with E-state index in [4.69, 9.17) is 5.73 Å². The van der Waals surface area contributed by atoms with Gasteiger partial charge in [-0.25, -0.2) is 0 Å². The highest BCUT2D eigenvalue weighted by Gasteiger charge is 2.36. The molecule has 1 saturated carbocycles. The highest BCUT2D eigenvalue weighted by molar-refractivity contribution is 4.94. The van der Waals surface area contributed by atoms with Crippen molar-refractivity contribution in [3.8, 4) is 0 Å². The van der Waals surface area contributed by atoms with Crippen molar-refractivity contribution in [1.29, 1.82) is 0 Å². The van der Waals surface area contributed by atoms with Crippen molar-refractivity contribution in [1.82, 2.24) is 0 Å². The van der Waals surface area contributed by atoms with Crippen LogP contribution < -0.4 is 5.73 Å². The van der Waals surface area contributed by atoms with Crippen molar-refractivity contribution in [2.75, 3.05) is 0 Å². The van der Waals surface area contributed by atoms with E-state index in [0.29, 0.717) is 0 Å². The highest BCUT2D eigenvalue weighted by Crippen LogP contribution is 2.37. The molecular weight excluding hydrogens is 206 g/mol. The summed E-state index contributed by atoms with van der Waals surface area (Å²) in [7, 11) is 0. The normalized spacial score (nSPS) is 24.7. The van der Waals surface area contributed by atoms with Crippen LogP contribution in [0.5, 0.6) is 0 Å². The minimum absolute atomic E-state index is 0.0617. The highest BCUT2D eigenvalue weighted by atomic mass is 14.8. The molecule has 0 aromatic rings. The Morgan fingerprint density at radius 3 is 1.24 bits per heavy atom. The molecule has 1 rings (SSSR count). The van der Waals surface area contributed by atoms with Gasteiger partial charge in [0.05, 0.1) is 0 Å². The molecule has 2 N–H and O–H groups in total. The van der Waals surface area contributed by atoms with Crippen LogP contribution >= 0.6 is 0 Å². The molecule has 0 atom stereocenters. The van der Waals surface area contributed by atoms with E-state index in [1.165, 1.54) is 70.6 Å². The van der Waals surface area contributed by atoms with E-state index < -0.39 is 0 Å². The van der Waals surface area contributed by atoms with Crippen LogP contribution in [0.25, 0.3) is 0 Å². The molecular formula is C16H33N. The lowest BCUT2D eigenvalue weighted by Crippen LogP contribution is -2.51. The largest absolute Gasteiger partial charge is 0.325 e. The van der Waals surface area contributed by atoms with E-state index in [9.17, 15) is 0 Å². The molecule has 0 aromatic carbocycles. The molecule has 1 nitrogen and oxygen atoms in total. The second kappa shape index (κ2) is 6.78. The Labute approximate surface area is 109 Å². The predicted molar refractivity (Wildman–Crippen MR) is 77.2 cm³/mol. The van der Waals surface area contributed by atoms with E-state index in [2.05, 4.69) is 20.8 Å². The summed E-state index contributed by atoms with van der Waals surface area (Å²) < 4.78 is 0. The van der Waals surface area contributed by atoms with Gasteiger partial charge in [0.1, 0.15) is 0 Å². The topological polar surface area (TPSA) is 26.0 Å². The van der Waals surface area contributed by atoms with Crippen LogP contribution in [0.2, 0.25) is 0 Å². The van der Waals surface area contributed by atoms with Crippen molar-refractivity contribution < 1.29 is 0 Å². The Morgan fingerprint density at radius 2 is 0.941 bits per heavy atom. The second-order valence-corrected chi connectivity index (χ2v) is 7.09. The number of rotatable bonds is 0. The molecule has 1 heteroatoms. The fourth-order valence-corrected chi connectivity index (χ4v) is 2.99. The van der Waals surface area contributed by atoms with Gasteiger partial charge in [0.2, 0.25) is 0 Å². The van der Waals surface area contributed by atoms with Gasteiger partial charge in [0.15, 0.2) is 0 Å². The van der Waals surface area contributed by atoms with Crippen LogP contribution in [0.15, 0.2) is 0 Å². The standard InChI is InChI=1S/C16H33N/c1-15(2,3)16(17)13-11-9-7-5-4-6-8-10-12-14-16/h4-14,17H2,1-3H3. The van der Waals surface area contributed by atoms with Crippen molar-refractivity contribution in [3.63, 3.8) is 0 Å². The molecule has 102 valence electrons. The van der Waals surface area contributed by atoms with Crippen LogP contribution in [0.1, 0.15) is 91.4 Å². The Kier molecular flexibility index (Phi) is 5.99. The van der Waals surface area contributed by atoms with Gasteiger partial charge in [-0.2, -0.15) is 0 Å². The van der Waals surface area contributed by atoms with Gasteiger partial charge in [-0.05, 0) is 18.3 Å².